The summed E-state index contributed by atoms with van der Waals surface area (Å²) in [5, 5.41) is 17.1. The van der Waals surface area contributed by atoms with Crippen LogP contribution in [0.15, 0.2) is 42.5 Å². The van der Waals surface area contributed by atoms with Crippen LogP contribution in [0.2, 0.25) is 10.0 Å². The van der Waals surface area contributed by atoms with E-state index < -0.39 is 47.2 Å². The Kier molecular flexibility index (Phi) is 4.64. The number of carbonyl (C=O) groups is 3. The van der Waals surface area contributed by atoms with Crippen LogP contribution >= 0.6 is 23.2 Å². The van der Waals surface area contributed by atoms with E-state index in [9.17, 15) is 19.5 Å². The van der Waals surface area contributed by atoms with Gasteiger partial charge in [-0.05, 0) is 24.6 Å². The molecular formula is C22H19Cl2N3O4. The summed E-state index contributed by atoms with van der Waals surface area (Å²) in [6.45, 7) is 1.53. The van der Waals surface area contributed by atoms with Crippen molar-refractivity contribution in [2.24, 2.45) is 11.8 Å². The number of fused-ring (bicyclic) bond motifs is 4. The summed E-state index contributed by atoms with van der Waals surface area (Å²) in [5.41, 5.74) is 0.0512. The molecule has 3 aliphatic heterocycles. The zero-order chi connectivity index (χ0) is 22.1. The van der Waals surface area contributed by atoms with Gasteiger partial charge in [-0.2, -0.15) is 0 Å². The first-order valence-corrected chi connectivity index (χ1v) is 10.7. The minimum Gasteiger partial charge on any atom is -0.392 e. The van der Waals surface area contributed by atoms with Gasteiger partial charge in [-0.25, -0.2) is 0 Å². The second kappa shape index (κ2) is 7.03. The van der Waals surface area contributed by atoms with Crippen LogP contribution in [-0.2, 0) is 26.5 Å². The van der Waals surface area contributed by atoms with E-state index in [0.717, 1.165) is 4.90 Å². The molecular weight excluding hydrogens is 441 g/mol. The van der Waals surface area contributed by atoms with Gasteiger partial charge in [0, 0.05) is 16.6 Å². The predicted octanol–water partition coefficient (Wildman–Crippen LogP) is 2.29. The van der Waals surface area contributed by atoms with Gasteiger partial charge in [0.2, 0.25) is 17.7 Å². The third-order valence-corrected chi connectivity index (χ3v) is 7.21. The molecule has 9 heteroatoms. The monoisotopic (exact) mass is 459 g/mol. The number of para-hydroxylation sites is 1. The van der Waals surface area contributed by atoms with Crippen LogP contribution in [0.4, 0.5) is 5.69 Å². The number of anilines is 1. The van der Waals surface area contributed by atoms with E-state index in [-0.39, 0.29) is 6.54 Å². The molecule has 2 saturated heterocycles. The fourth-order valence-electron chi connectivity index (χ4n) is 5.15. The number of hydrogen-bond acceptors (Lipinski definition) is 5. The van der Waals surface area contributed by atoms with Crippen molar-refractivity contribution in [1.29, 1.82) is 0 Å². The average molecular weight is 460 g/mol. The molecule has 3 N–H and O–H groups in total. The highest BCUT2D eigenvalue weighted by atomic mass is 35.5. The Morgan fingerprint density at radius 1 is 1.06 bits per heavy atom. The van der Waals surface area contributed by atoms with Gasteiger partial charge in [-0.15, -0.1) is 0 Å². The fraction of sp³-hybridized carbons (Fsp3) is 0.318. The summed E-state index contributed by atoms with van der Waals surface area (Å²) in [6, 6.07) is 11.2. The van der Waals surface area contributed by atoms with Crippen LogP contribution in [0.25, 0.3) is 0 Å². The number of amides is 3. The number of aliphatic hydroxyl groups is 1. The number of halogens is 2. The fourth-order valence-corrected chi connectivity index (χ4v) is 5.57. The first-order valence-electron chi connectivity index (χ1n) is 9.92. The van der Waals surface area contributed by atoms with Crippen molar-refractivity contribution in [2.45, 2.75) is 31.2 Å². The van der Waals surface area contributed by atoms with Crippen molar-refractivity contribution < 1.29 is 19.5 Å². The molecule has 5 rings (SSSR count). The number of likely N-dealkylation sites (tertiary alicyclic amines) is 1. The molecule has 3 heterocycles. The number of benzene rings is 2. The largest absolute Gasteiger partial charge is 0.392 e. The lowest BCUT2D eigenvalue weighted by Gasteiger charge is -2.30. The quantitative estimate of drug-likeness (QED) is 0.611. The van der Waals surface area contributed by atoms with Crippen LogP contribution in [-0.4, -0.2) is 39.9 Å². The normalized spacial score (nSPS) is 30.0. The Hall–Kier alpha value is -2.45. The van der Waals surface area contributed by atoms with Crippen LogP contribution in [0.1, 0.15) is 18.1 Å². The lowest BCUT2D eigenvalue weighted by molar-refractivity contribution is -0.143. The molecule has 2 fully saturated rings. The van der Waals surface area contributed by atoms with Crippen molar-refractivity contribution in [3.63, 3.8) is 0 Å². The Bertz CT molecular complexity index is 1140. The predicted molar refractivity (Wildman–Crippen MR) is 114 cm³/mol. The van der Waals surface area contributed by atoms with Gasteiger partial charge in [-0.1, -0.05) is 53.5 Å². The van der Waals surface area contributed by atoms with E-state index in [1.807, 2.05) is 0 Å². The highest BCUT2D eigenvalue weighted by molar-refractivity contribution is 6.35. The number of imide groups is 1. The molecule has 0 radical (unpaired) electrons. The van der Waals surface area contributed by atoms with Gasteiger partial charge < -0.3 is 10.4 Å². The number of rotatable bonds is 3. The minimum atomic E-state index is -1.49. The summed E-state index contributed by atoms with van der Waals surface area (Å²) in [6.07, 6.45) is -0.972. The van der Waals surface area contributed by atoms with Gasteiger partial charge in [0.1, 0.15) is 5.54 Å². The highest BCUT2D eigenvalue weighted by Gasteiger charge is 2.71. The Balaban J connectivity index is 1.63. The molecule has 0 unspecified atom stereocenters. The van der Waals surface area contributed by atoms with E-state index >= 15 is 0 Å². The summed E-state index contributed by atoms with van der Waals surface area (Å²) in [5.74, 6) is -3.29. The first-order chi connectivity index (χ1) is 14.8. The van der Waals surface area contributed by atoms with E-state index in [2.05, 4.69) is 10.6 Å². The highest BCUT2D eigenvalue weighted by Crippen LogP contribution is 2.54. The standard InChI is InChI=1S/C22H19Cl2N3O4/c1-10(28)17-15-16(20(30)27(19(15)29)9-11-5-2-3-7-13(11)23)22(26-17)12-6-4-8-14(24)18(12)25-21(22)31/h2-8,10,15-17,26,28H,9H2,1H3,(H,25,31)/t10-,15+,16-,17-,22-/m1/s1. The average Bonchev–Trinajstić information content (AvgIpc) is 3.32. The van der Waals surface area contributed by atoms with E-state index in [1.165, 1.54) is 6.92 Å². The Labute approximate surface area is 188 Å². The maximum Gasteiger partial charge on any atom is 0.250 e. The smallest absolute Gasteiger partial charge is 0.250 e. The molecule has 2 aromatic carbocycles. The summed E-state index contributed by atoms with van der Waals surface area (Å²) in [7, 11) is 0. The van der Waals surface area contributed by atoms with Gasteiger partial charge in [0.25, 0.3) is 0 Å². The number of nitrogens with zero attached hydrogens (tertiary/aromatic N) is 1. The van der Waals surface area contributed by atoms with Gasteiger partial charge >= 0.3 is 0 Å². The Morgan fingerprint density at radius 2 is 1.77 bits per heavy atom. The van der Waals surface area contributed by atoms with Crippen molar-refractivity contribution in [3.8, 4) is 0 Å². The van der Waals surface area contributed by atoms with Crippen molar-refractivity contribution in [1.82, 2.24) is 10.2 Å². The topological polar surface area (TPSA) is 98.7 Å². The molecule has 5 atom stereocenters. The van der Waals surface area contributed by atoms with Crippen molar-refractivity contribution >= 4 is 46.6 Å². The SMILES string of the molecule is C[C@@H](O)[C@H]1N[C@@]2(C(=O)Nc3c(Cl)cccc32)[C@H]2C(=O)N(Cc3ccccc3Cl)C(=O)[C@H]12. The maximum absolute atomic E-state index is 13.6. The molecule has 0 bridgehead atoms. The lowest BCUT2D eigenvalue weighted by Crippen LogP contribution is -2.54. The molecule has 1 spiro atoms. The molecule has 0 saturated carbocycles. The Morgan fingerprint density at radius 3 is 2.48 bits per heavy atom. The van der Waals surface area contributed by atoms with Crippen LogP contribution in [0.3, 0.4) is 0 Å². The van der Waals surface area contributed by atoms with Gasteiger partial charge in [0.05, 0.1) is 35.2 Å². The maximum atomic E-state index is 13.6. The van der Waals surface area contributed by atoms with Gasteiger partial charge in [0.15, 0.2) is 0 Å². The van der Waals surface area contributed by atoms with Crippen molar-refractivity contribution in [2.75, 3.05) is 5.32 Å². The van der Waals surface area contributed by atoms with E-state index in [0.29, 0.717) is 26.9 Å². The number of hydrogen-bond donors (Lipinski definition) is 3. The molecule has 0 aliphatic carbocycles. The third kappa shape index (κ3) is 2.70. The zero-order valence-corrected chi connectivity index (χ0v) is 17.9. The second-order valence-electron chi connectivity index (χ2n) is 8.19. The molecule has 0 aromatic heterocycles. The summed E-state index contributed by atoms with van der Waals surface area (Å²) >= 11 is 12.5. The van der Waals surface area contributed by atoms with Crippen molar-refractivity contribution in [3.05, 3.63) is 63.6 Å². The van der Waals surface area contributed by atoms with E-state index in [4.69, 9.17) is 23.2 Å². The molecule has 3 aliphatic rings. The molecule has 2 aromatic rings. The van der Waals surface area contributed by atoms with Crippen LogP contribution < -0.4 is 10.6 Å². The van der Waals surface area contributed by atoms with Crippen LogP contribution in [0, 0.1) is 11.8 Å². The molecule has 7 nitrogen and oxygen atoms in total. The summed E-state index contributed by atoms with van der Waals surface area (Å²) in [4.78, 5) is 41.4. The summed E-state index contributed by atoms with van der Waals surface area (Å²) < 4.78 is 0. The molecule has 31 heavy (non-hydrogen) atoms. The van der Waals surface area contributed by atoms with Crippen LogP contribution in [0.5, 0.6) is 0 Å². The number of carbonyl (C=O) groups excluding carboxylic acids is 3. The zero-order valence-electron chi connectivity index (χ0n) is 16.4. The second-order valence-corrected chi connectivity index (χ2v) is 9.01. The molecule has 3 amide bonds. The number of nitrogens with one attached hydrogen (secondary N) is 2. The third-order valence-electron chi connectivity index (χ3n) is 6.53. The minimum absolute atomic E-state index is 0.00300. The van der Waals surface area contributed by atoms with Gasteiger partial charge in [-0.3, -0.25) is 24.6 Å². The molecule has 160 valence electrons. The lowest BCUT2D eigenvalue weighted by atomic mass is 9.76. The van der Waals surface area contributed by atoms with E-state index in [1.54, 1.807) is 42.5 Å². The number of aliphatic hydroxyl groups excluding tert-OH is 1. The first kappa shape index (κ1) is 20.5.